The maximum atomic E-state index is 12.5. The van der Waals surface area contributed by atoms with Crippen LogP contribution in [0.3, 0.4) is 0 Å². The first-order chi connectivity index (χ1) is 16.2. The second-order valence-electron chi connectivity index (χ2n) is 7.37. The van der Waals surface area contributed by atoms with Crippen molar-refractivity contribution in [1.29, 1.82) is 0 Å². The highest BCUT2D eigenvalue weighted by Crippen LogP contribution is 2.28. The number of carbonyl (C=O) groups excluding carboxylic acids is 2. The summed E-state index contributed by atoms with van der Waals surface area (Å²) in [7, 11) is 0. The predicted octanol–water partition coefficient (Wildman–Crippen LogP) is 4.13. The van der Waals surface area contributed by atoms with Gasteiger partial charge in [-0.1, -0.05) is 84.6 Å². The van der Waals surface area contributed by atoms with Crippen LogP contribution in [0.4, 0.5) is 0 Å². The number of carbonyl (C=O) groups is 2. The number of ketones is 1. The lowest BCUT2D eigenvalue weighted by Gasteiger charge is -2.10. The molecule has 33 heavy (non-hydrogen) atoms. The molecule has 0 saturated heterocycles. The van der Waals surface area contributed by atoms with E-state index in [2.05, 4.69) is 20.7 Å². The fraction of sp³-hybridized carbons (Fsp3) is 0.0800. The zero-order valence-corrected chi connectivity index (χ0v) is 18.3. The summed E-state index contributed by atoms with van der Waals surface area (Å²) in [6.07, 6.45) is 0.190. The average Bonchev–Trinajstić information content (AvgIpc) is 3.44. The average molecular weight is 454 g/mol. The van der Waals surface area contributed by atoms with E-state index in [1.807, 2.05) is 83.4 Å². The molecule has 5 rings (SSSR count). The summed E-state index contributed by atoms with van der Waals surface area (Å²) in [4.78, 5) is 24.6. The number of hydrogen-bond acceptors (Lipinski definition) is 6. The van der Waals surface area contributed by atoms with Crippen molar-refractivity contribution in [2.45, 2.75) is 11.6 Å². The number of rotatable bonds is 6. The highest BCUT2D eigenvalue weighted by molar-refractivity contribution is 7.99. The van der Waals surface area contributed by atoms with E-state index >= 15 is 0 Å². The van der Waals surface area contributed by atoms with Gasteiger partial charge in [0, 0.05) is 22.4 Å². The van der Waals surface area contributed by atoms with Gasteiger partial charge < -0.3 is 0 Å². The molecule has 0 spiro atoms. The number of fused-ring (bicyclic) bond motifs is 1. The first-order valence-electron chi connectivity index (χ1n) is 10.4. The van der Waals surface area contributed by atoms with Gasteiger partial charge in [0.05, 0.1) is 17.9 Å². The number of nitrogens with zero attached hydrogens (tertiary/aromatic N) is 4. The van der Waals surface area contributed by atoms with Crippen molar-refractivity contribution in [1.82, 2.24) is 20.2 Å². The molecule has 162 valence electrons. The van der Waals surface area contributed by atoms with Crippen molar-refractivity contribution >= 4 is 29.2 Å². The lowest BCUT2D eigenvalue weighted by Crippen LogP contribution is -2.21. The summed E-state index contributed by atoms with van der Waals surface area (Å²) in [5, 5.41) is 13.5. The normalized spacial score (nSPS) is 13.8. The molecule has 0 bridgehead atoms. The molecule has 1 amide bonds. The molecule has 1 N–H and O–H groups in total. The van der Waals surface area contributed by atoms with Crippen molar-refractivity contribution in [3.05, 3.63) is 96.1 Å². The second-order valence-corrected chi connectivity index (χ2v) is 8.31. The first kappa shape index (κ1) is 20.8. The van der Waals surface area contributed by atoms with Gasteiger partial charge in [0.2, 0.25) is 0 Å². The van der Waals surface area contributed by atoms with Crippen LogP contribution in [0.2, 0.25) is 0 Å². The molecule has 1 aliphatic rings. The van der Waals surface area contributed by atoms with Crippen LogP contribution >= 0.6 is 11.8 Å². The van der Waals surface area contributed by atoms with Gasteiger partial charge in [0.1, 0.15) is 0 Å². The third-order valence-corrected chi connectivity index (χ3v) is 6.12. The van der Waals surface area contributed by atoms with Gasteiger partial charge in [-0.2, -0.15) is 5.10 Å². The highest BCUT2D eigenvalue weighted by Gasteiger charge is 2.25. The molecule has 0 atom stereocenters. The highest BCUT2D eigenvalue weighted by atomic mass is 32.2. The van der Waals surface area contributed by atoms with Gasteiger partial charge in [0.15, 0.2) is 16.8 Å². The summed E-state index contributed by atoms with van der Waals surface area (Å²) in [6, 6.07) is 26.9. The molecule has 8 heteroatoms. The molecular weight excluding hydrogens is 434 g/mol. The number of nitrogens with one attached hydrogen (secondary N) is 1. The van der Waals surface area contributed by atoms with E-state index in [1.165, 1.54) is 11.8 Å². The summed E-state index contributed by atoms with van der Waals surface area (Å²) in [5.41, 5.74) is 6.40. The minimum Gasteiger partial charge on any atom is -0.294 e. The van der Waals surface area contributed by atoms with E-state index in [0.29, 0.717) is 22.3 Å². The Morgan fingerprint density at radius 2 is 1.58 bits per heavy atom. The van der Waals surface area contributed by atoms with E-state index in [-0.39, 0.29) is 23.9 Å². The summed E-state index contributed by atoms with van der Waals surface area (Å²) in [5.74, 6) is 0.531. The number of hydrazone groups is 1. The third kappa shape index (κ3) is 4.33. The maximum Gasteiger partial charge on any atom is 0.250 e. The number of Topliss-reactive ketones (excluding diaryl/α,β-unsaturated/α-hetero) is 1. The number of amides is 1. The van der Waals surface area contributed by atoms with Crippen molar-refractivity contribution in [3.8, 4) is 17.1 Å². The van der Waals surface area contributed by atoms with Gasteiger partial charge in [-0.3, -0.25) is 14.2 Å². The molecule has 3 aromatic carbocycles. The Morgan fingerprint density at radius 1 is 0.909 bits per heavy atom. The lowest BCUT2D eigenvalue weighted by molar-refractivity contribution is -0.118. The van der Waals surface area contributed by atoms with E-state index in [1.54, 1.807) is 6.07 Å². The molecule has 4 aromatic rings. The fourth-order valence-corrected chi connectivity index (χ4v) is 4.40. The van der Waals surface area contributed by atoms with E-state index < -0.39 is 0 Å². The second kappa shape index (κ2) is 9.22. The van der Waals surface area contributed by atoms with Crippen LogP contribution in [0, 0.1) is 0 Å². The van der Waals surface area contributed by atoms with Crippen molar-refractivity contribution in [2.75, 3.05) is 5.75 Å². The quantitative estimate of drug-likeness (QED) is 0.350. The molecule has 1 heterocycles. The molecular formula is C25H19N5O2S. The minimum absolute atomic E-state index is 0.0115. The van der Waals surface area contributed by atoms with E-state index in [4.69, 9.17) is 0 Å². The van der Waals surface area contributed by atoms with Crippen molar-refractivity contribution in [3.63, 3.8) is 0 Å². The predicted molar refractivity (Wildman–Crippen MR) is 128 cm³/mol. The summed E-state index contributed by atoms with van der Waals surface area (Å²) >= 11 is 1.28. The van der Waals surface area contributed by atoms with Crippen LogP contribution in [0.25, 0.3) is 17.1 Å². The van der Waals surface area contributed by atoms with Crippen LogP contribution in [0.5, 0.6) is 0 Å². The third-order valence-electron chi connectivity index (χ3n) is 5.19. The Morgan fingerprint density at radius 3 is 2.33 bits per heavy atom. The van der Waals surface area contributed by atoms with Crippen molar-refractivity contribution < 1.29 is 9.59 Å². The monoisotopic (exact) mass is 453 g/mol. The number of aromatic nitrogens is 3. The SMILES string of the molecule is O=C(CSc1nnc(-c2ccccc2)n1-c1ccccc1)N/N=C1/CC(=O)c2ccccc21. The van der Waals surface area contributed by atoms with Crippen LogP contribution in [0.15, 0.2) is 95.2 Å². The molecule has 7 nitrogen and oxygen atoms in total. The fourth-order valence-electron chi connectivity index (χ4n) is 3.66. The topological polar surface area (TPSA) is 89.2 Å². The van der Waals surface area contributed by atoms with Gasteiger partial charge in [0.25, 0.3) is 5.91 Å². The summed E-state index contributed by atoms with van der Waals surface area (Å²) in [6.45, 7) is 0. The van der Waals surface area contributed by atoms with Gasteiger partial charge >= 0.3 is 0 Å². The van der Waals surface area contributed by atoms with E-state index in [9.17, 15) is 9.59 Å². The number of benzene rings is 3. The minimum atomic E-state index is -0.284. The zero-order chi connectivity index (χ0) is 22.6. The van der Waals surface area contributed by atoms with Crippen LogP contribution in [-0.4, -0.2) is 37.9 Å². The summed E-state index contributed by atoms with van der Waals surface area (Å²) < 4.78 is 1.94. The molecule has 1 aliphatic carbocycles. The molecule has 0 radical (unpaired) electrons. The Hall–Kier alpha value is -4.04. The molecule has 0 saturated carbocycles. The smallest absolute Gasteiger partial charge is 0.250 e. The van der Waals surface area contributed by atoms with Gasteiger partial charge in [-0.05, 0) is 12.1 Å². The molecule has 1 aromatic heterocycles. The standard InChI is InChI=1S/C25H19N5O2S/c31-22-15-21(19-13-7-8-14-20(19)22)26-27-23(32)16-33-25-29-28-24(17-9-3-1-4-10-17)30(25)18-11-5-2-6-12-18/h1-14H,15-16H2,(H,27,32)/b26-21-. The Labute approximate surface area is 194 Å². The molecule has 0 unspecified atom stereocenters. The number of thioether (sulfide) groups is 1. The number of para-hydroxylation sites is 1. The Kier molecular flexibility index (Phi) is 5.82. The van der Waals surface area contributed by atoms with Crippen LogP contribution in [-0.2, 0) is 4.79 Å². The Bertz CT molecular complexity index is 1350. The molecule has 0 fully saturated rings. The largest absolute Gasteiger partial charge is 0.294 e. The van der Waals surface area contributed by atoms with Gasteiger partial charge in [-0.25, -0.2) is 5.43 Å². The van der Waals surface area contributed by atoms with E-state index in [0.717, 1.165) is 16.8 Å². The number of hydrogen-bond donors (Lipinski definition) is 1. The zero-order valence-electron chi connectivity index (χ0n) is 17.5. The van der Waals surface area contributed by atoms with Crippen LogP contribution < -0.4 is 5.43 Å². The van der Waals surface area contributed by atoms with Gasteiger partial charge in [-0.15, -0.1) is 10.2 Å². The first-order valence-corrected chi connectivity index (χ1v) is 11.4. The Balaban J connectivity index is 1.34. The maximum absolute atomic E-state index is 12.5. The van der Waals surface area contributed by atoms with Crippen molar-refractivity contribution in [2.24, 2.45) is 5.10 Å². The molecule has 0 aliphatic heterocycles. The van der Waals surface area contributed by atoms with Crippen LogP contribution in [0.1, 0.15) is 22.3 Å². The lowest BCUT2D eigenvalue weighted by atomic mass is 10.1.